The summed E-state index contributed by atoms with van der Waals surface area (Å²) in [6.07, 6.45) is 0.984. The van der Waals surface area contributed by atoms with E-state index in [-0.39, 0.29) is 40.1 Å². The van der Waals surface area contributed by atoms with Gasteiger partial charge in [-0.3, -0.25) is 19.8 Å². The SMILES string of the molecule is N=C(N)NCCC[C@H](NC(=O)c1sccc1NS(=O)(=O)c1cc(-c2cccc(CN3CCNCC3)c2)cc2c1OCC2)C(=O)O. The number of carbonyl (C=O) groups excluding carboxylic acids is 1. The van der Waals surface area contributed by atoms with Gasteiger partial charge in [-0.05, 0) is 64.7 Å². The Morgan fingerprint density at radius 3 is 2.71 bits per heavy atom. The van der Waals surface area contributed by atoms with Crippen LogP contribution in [-0.2, 0) is 27.8 Å². The highest BCUT2D eigenvalue weighted by molar-refractivity contribution is 7.92. The Morgan fingerprint density at radius 1 is 1.16 bits per heavy atom. The molecular weight excluding hydrogens is 619 g/mol. The number of carboxylic acids is 1. The maximum atomic E-state index is 13.8. The van der Waals surface area contributed by atoms with Crippen LogP contribution in [0.25, 0.3) is 11.1 Å². The molecule has 0 spiro atoms. The summed E-state index contributed by atoms with van der Waals surface area (Å²) in [5, 5.41) is 26.8. The summed E-state index contributed by atoms with van der Waals surface area (Å²) in [5.74, 6) is -1.89. The molecule has 2 aliphatic rings. The number of rotatable bonds is 13. The first-order valence-electron chi connectivity index (χ1n) is 14.6. The van der Waals surface area contributed by atoms with Gasteiger partial charge in [0, 0.05) is 45.7 Å². The predicted octanol–water partition coefficient (Wildman–Crippen LogP) is 2.00. The molecule has 13 nitrogen and oxygen atoms in total. The molecule has 45 heavy (non-hydrogen) atoms. The van der Waals surface area contributed by atoms with E-state index in [0.717, 1.165) is 66.3 Å². The molecule has 1 amide bonds. The van der Waals surface area contributed by atoms with Gasteiger partial charge in [0.05, 0.1) is 12.3 Å². The summed E-state index contributed by atoms with van der Waals surface area (Å²) >= 11 is 0.993. The maximum Gasteiger partial charge on any atom is 0.326 e. The number of nitrogens with zero attached hydrogens (tertiary/aromatic N) is 1. The molecule has 2 aliphatic heterocycles. The zero-order valence-corrected chi connectivity index (χ0v) is 26.2. The number of piperazine rings is 1. The second-order valence-electron chi connectivity index (χ2n) is 10.9. The van der Waals surface area contributed by atoms with Crippen LogP contribution in [0.3, 0.4) is 0 Å². The number of carboxylic acid groups (broad SMARTS) is 1. The molecule has 1 aromatic heterocycles. The van der Waals surface area contributed by atoms with Crippen molar-refractivity contribution in [2.45, 2.75) is 36.7 Å². The van der Waals surface area contributed by atoms with E-state index in [1.165, 1.54) is 6.07 Å². The molecule has 1 atom stereocenters. The van der Waals surface area contributed by atoms with Gasteiger partial charge in [-0.2, -0.15) is 0 Å². The van der Waals surface area contributed by atoms with E-state index in [1.54, 1.807) is 11.4 Å². The van der Waals surface area contributed by atoms with Crippen molar-refractivity contribution in [3.05, 3.63) is 63.8 Å². The third-order valence-electron chi connectivity index (χ3n) is 7.62. The van der Waals surface area contributed by atoms with Crippen molar-refractivity contribution in [2.24, 2.45) is 5.73 Å². The smallest absolute Gasteiger partial charge is 0.326 e. The van der Waals surface area contributed by atoms with Crippen molar-refractivity contribution >= 4 is 44.9 Å². The minimum atomic E-state index is -4.22. The van der Waals surface area contributed by atoms with E-state index in [9.17, 15) is 23.1 Å². The Kier molecular flexibility index (Phi) is 10.2. The first-order valence-corrected chi connectivity index (χ1v) is 17.0. The number of hydrogen-bond acceptors (Lipinski definition) is 9. The molecule has 0 bridgehead atoms. The zero-order valence-electron chi connectivity index (χ0n) is 24.6. The number of nitrogens with two attached hydrogens (primary N) is 1. The van der Waals surface area contributed by atoms with Gasteiger partial charge >= 0.3 is 5.97 Å². The third kappa shape index (κ3) is 8.11. The van der Waals surface area contributed by atoms with E-state index in [2.05, 4.69) is 37.7 Å². The van der Waals surface area contributed by atoms with Gasteiger partial charge in [-0.1, -0.05) is 18.2 Å². The molecule has 0 radical (unpaired) electrons. The third-order valence-corrected chi connectivity index (χ3v) is 9.90. The highest BCUT2D eigenvalue weighted by Crippen LogP contribution is 2.39. The highest BCUT2D eigenvalue weighted by atomic mass is 32.2. The van der Waals surface area contributed by atoms with E-state index >= 15 is 0 Å². The summed E-state index contributed by atoms with van der Waals surface area (Å²) in [5.41, 5.74) is 8.84. The second kappa shape index (κ2) is 14.3. The van der Waals surface area contributed by atoms with E-state index in [4.69, 9.17) is 15.9 Å². The number of aliphatic carboxylic acids is 1. The molecule has 3 aromatic rings. The molecule has 0 aliphatic carbocycles. The first kappa shape index (κ1) is 32.2. The molecule has 15 heteroatoms. The molecule has 1 saturated heterocycles. The van der Waals surface area contributed by atoms with E-state index < -0.39 is 27.9 Å². The zero-order chi connectivity index (χ0) is 32.0. The van der Waals surface area contributed by atoms with Crippen LogP contribution in [0.4, 0.5) is 5.69 Å². The molecule has 0 saturated carbocycles. The lowest BCUT2D eigenvalue weighted by Gasteiger charge is -2.27. The Morgan fingerprint density at radius 2 is 1.96 bits per heavy atom. The Labute approximate surface area is 265 Å². The minimum absolute atomic E-state index is 0.0287. The number of carbonyl (C=O) groups is 2. The van der Waals surface area contributed by atoms with Crippen LogP contribution in [0.2, 0.25) is 0 Å². The van der Waals surface area contributed by atoms with Gasteiger partial charge in [-0.15, -0.1) is 11.3 Å². The molecule has 8 N–H and O–H groups in total. The molecular formula is C30H37N7O6S2. The van der Waals surface area contributed by atoms with Crippen LogP contribution in [-0.4, -0.2) is 81.6 Å². The number of ether oxygens (including phenoxy) is 1. The minimum Gasteiger partial charge on any atom is -0.492 e. The maximum absolute atomic E-state index is 13.8. The molecule has 0 unspecified atom stereocenters. The number of hydrogen-bond donors (Lipinski definition) is 7. The average molecular weight is 656 g/mol. The monoisotopic (exact) mass is 655 g/mol. The second-order valence-corrected chi connectivity index (χ2v) is 13.5. The van der Waals surface area contributed by atoms with Crippen LogP contribution in [0.1, 0.15) is 33.6 Å². The summed E-state index contributed by atoms with van der Waals surface area (Å²) in [6.45, 7) is 5.26. The standard InChI is InChI=1S/C30H37N7O6S2/c31-30(32)34-8-2-5-24(29(39)40)35-28(38)27-23(7-14-44-27)36-45(41,42)25-17-22(16-21-6-13-43-26(21)25)20-4-1-3-19(15-20)18-37-11-9-33-10-12-37/h1,3-4,7,14-17,24,33,36H,2,5-6,8-13,18H2,(H,35,38)(H,39,40)(H4,31,32,34)/t24-/m0/s1. The lowest BCUT2D eigenvalue weighted by atomic mass is 10.00. The molecule has 240 valence electrons. The van der Waals surface area contributed by atoms with Gasteiger partial charge in [0.15, 0.2) is 5.96 Å². The lowest BCUT2D eigenvalue weighted by molar-refractivity contribution is -0.139. The number of sulfonamides is 1. The number of anilines is 1. The van der Waals surface area contributed by atoms with Gasteiger partial charge in [0.25, 0.3) is 15.9 Å². The normalized spacial score (nSPS) is 15.5. The summed E-state index contributed by atoms with van der Waals surface area (Å²) in [4.78, 5) is 27.3. The van der Waals surface area contributed by atoms with Gasteiger partial charge in [0.1, 0.15) is 21.6 Å². The first-order chi connectivity index (χ1) is 21.6. The largest absolute Gasteiger partial charge is 0.492 e. The molecule has 5 rings (SSSR count). The Balaban J connectivity index is 1.35. The van der Waals surface area contributed by atoms with Crippen LogP contribution in [0.15, 0.2) is 52.7 Å². The Bertz CT molecular complexity index is 1670. The number of nitrogens with one attached hydrogen (secondary N) is 5. The van der Waals surface area contributed by atoms with Crippen LogP contribution >= 0.6 is 11.3 Å². The summed E-state index contributed by atoms with van der Waals surface area (Å²) < 4.78 is 36.0. The fourth-order valence-corrected chi connectivity index (χ4v) is 7.49. The van der Waals surface area contributed by atoms with Gasteiger partial charge in [-0.25, -0.2) is 13.2 Å². The summed E-state index contributed by atoms with van der Waals surface area (Å²) in [7, 11) is -4.22. The molecule has 2 aromatic carbocycles. The quantitative estimate of drug-likeness (QED) is 0.0812. The van der Waals surface area contributed by atoms with Gasteiger partial charge < -0.3 is 31.5 Å². The van der Waals surface area contributed by atoms with Crippen molar-refractivity contribution < 1.29 is 27.9 Å². The number of amides is 1. The molecule has 3 heterocycles. The number of guanidine groups is 1. The predicted molar refractivity (Wildman–Crippen MR) is 172 cm³/mol. The van der Waals surface area contributed by atoms with Crippen molar-refractivity contribution in [3.8, 4) is 16.9 Å². The van der Waals surface area contributed by atoms with E-state index in [1.807, 2.05) is 18.2 Å². The number of fused-ring (bicyclic) bond motifs is 1. The fourth-order valence-electron chi connectivity index (χ4n) is 5.39. The number of thiophene rings is 1. The Hall–Kier alpha value is -4.18. The van der Waals surface area contributed by atoms with Crippen molar-refractivity contribution in [1.29, 1.82) is 5.41 Å². The van der Waals surface area contributed by atoms with Crippen molar-refractivity contribution in [2.75, 3.05) is 44.1 Å². The molecule has 1 fully saturated rings. The number of benzene rings is 2. The average Bonchev–Trinajstić information content (AvgIpc) is 3.68. The highest BCUT2D eigenvalue weighted by Gasteiger charge is 2.29. The van der Waals surface area contributed by atoms with Crippen LogP contribution < -0.4 is 31.1 Å². The van der Waals surface area contributed by atoms with Crippen LogP contribution in [0.5, 0.6) is 5.75 Å². The van der Waals surface area contributed by atoms with Crippen molar-refractivity contribution in [1.82, 2.24) is 20.9 Å². The van der Waals surface area contributed by atoms with E-state index in [0.29, 0.717) is 19.4 Å². The fraction of sp³-hybridized carbons (Fsp3) is 0.367. The van der Waals surface area contributed by atoms with Crippen molar-refractivity contribution in [3.63, 3.8) is 0 Å². The summed E-state index contributed by atoms with van der Waals surface area (Å²) in [6, 6.07) is 11.9. The van der Waals surface area contributed by atoms with Gasteiger partial charge in [0.2, 0.25) is 0 Å². The topological polar surface area (TPSA) is 199 Å². The van der Waals surface area contributed by atoms with Crippen LogP contribution in [0, 0.1) is 5.41 Å². The lowest BCUT2D eigenvalue weighted by Crippen LogP contribution is -2.42.